The van der Waals surface area contributed by atoms with Gasteiger partial charge in [-0.2, -0.15) is 0 Å². The molecule has 2 aromatic rings. The molecule has 3 rings (SSSR count). The minimum atomic E-state index is -0.0235. The standard InChI is InChI=1S/C18H20N2O2/c1-22-17-5-3-2-4-13(17)8-9-20-18(21)14-6-7-15-11-19-12-16(15)10-14/h2-7,10,19H,8-9,11-12H2,1H3,(H,20,21). The van der Waals surface area contributed by atoms with Gasteiger partial charge in [0.25, 0.3) is 5.91 Å². The summed E-state index contributed by atoms with van der Waals surface area (Å²) in [7, 11) is 1.66. The summed E-state index contributed by atoms with van der Waals surface area (Å²) in [5.41, 5.74) is 4.33. The van der Waals surface area contributed by atoms with E-state index in [2.05, 4.69) is 10.6 Å². The summed E-state index contributed by atoms with van der Waals surface area (Å²) in [5, 5.41) is 6.26. The SMILES string of the molecule is COc1ccccc1CCNC(=O)c1ccc2c(c1)CNC2. The predicted octanol–water partition coefficient (Wildman–Crippen LogP) is 2.27. The number of amides is 1. The van der Waals surface area contributed by atoms with Crippen molar-refractivity contribution in [1.29, 1.82) is 0 Å². The number of rotatable bonds is 5. The van der Waals surface area contributed by atoms with Crippen molar-refractivity contribution in [1.82, 2.24) is 10.6 Å². The zero-order valence-corrected chi connectivity index (χ0v) is 12.7. The number of methoxy groups -OCH3 is 1. The van der Waals surface area contributed by atoms with Crippen LogP contribution in [0.15, 0.2) is 42.5 Å². The van der Waals surface area contributed by atoms with Gasteiger partial charge in [-0.1, -0.05) is 24.3 Å². The second-order valence-electron chi connectivity index (χ2n) is 5.40. The third-order valence-corrected chi connectivity index (χ3v) is 3.97. The van der Waals surface area contributed by atoms with Gasteiger partial charge in [0.2, 0.25) is 0 Å². The number of fused-ring (bicyclic) bond motifs is 1. The molecule has 1 amide bonds. The molecule has 1 heterocycles. The summed E-state index contributed by atoms with van der Waals surface area (Å²) in [6.45, 7) is 2.33. The molecule has 22 heavy (non-hydrogen) atoms. The first-order chi connectivity index (χ1) is 10.8. The molecule has 0 saturated heterocycles. The van der Waals surface area contributed by atoms with Crippen LogP contribution in [0.4, 0.5) is 0 Å². The lowest BCUT2D eigenvalue weighted by Crippen LogP contribution is -2.25. The van der Waals surface area contributed by atoms with Crippen molar-refractivity contribution < 1.29 is 9.53 Å². The van der Waals surface area contributed by atoms with Crippen LogP contribution in [0.2, 0.25) is 0 Å². The molecule has 0 radical (unpaired) electrons. The van der Waals surface area contributed by atoms with Crippen LogP contribution in [0.5, 0.6) is 5.75 Å². The van der Waals surface area contributed by atoms with E-state index in [9.17, 15) is 4.79 Å². The largest absolute Gasteiger partial charge is 0.496 e. The van der Waals surface area contributed by atoms with Crippen molar-refractivity contribution >= 4 is 5.91 Å². The molecule has 0 fully saturated rings. The van der Waals surface area contributed by atoms with Crippen LogP contribution in [0.25, 0.3) is 0 Å². The van der Waals surface area contributed by atoms with Crippen LogP contribution in [0, 0.1) is 0 Å². The van der Waals surface area contributed by atoms with E-state index in [1.165, 1.54) is 11.1 Å². The fourth-order valence-corrected chi connectivity index (χ4v) is 2.76. The molecule has 0 spiro atoms. The highest BCUT2D eigenvalue weighted by atomic mass is 16.5. The Morgan fingerprint density at radius 1 is 1.18 bits per heavy atom. The Balaban J connectivity index is 1.58. The molecule has 0 atom stereocenters. The average molecular weight is 296 g/mol. The Kier molecular flexibility index (Phi) is 4.39. The number of para-hydroxylation sites is 1. The van der Waals surface area contributed by atoms with Gasteiger partial charge in [0, 0.05) is 25.2 Å². The quantitative estimate of drug-likeness (QED) is 0.890. The average Bonchev–Trinajstić information content (AvgIpc) is 3.02. The minimum Gasteiger partial charge on any atom is -0.496 e. The van der Waals surface area contributed by atoms with E-state index in [-0.39, 0.29) is 5.91 Å². The molecule has 114 valence electrons. The third-order valence-electron chi connectivity index (χ3n) is 3.97. The van der Waals surface area contributed by atoms with Gasteiger partial charge in [-0.25, -0.2) is 0 Å². The van der Waals surface area contributed by atoms with E-state index < -0.39 is 0 Å². The molecule has 2 N–H and O–H groups in total. The van der Waals surface area contributed by atoms with Crippen LogP contribution in [-0.2, 0) is 19.5 Å². The third kappa shape index (κ3) is 3.12. The number of hydrogen-bond acceptors (Lipinski definition) is 3. The van der Waals surface area contributed by atoms with E-state index in [0.29, 0.717) is 6.54 Å². The maximum Gasteiger partial charge on any atom is 0.251 e. The smallest absolute Gasteiger partial charge is 0.251 e. The van der Waals surface area contributed by atoms with Crippen LogP contribution in [0.1, 0.15) is 27.0 Å². The molecule has 1 aliphatic rings. The minimum absolute atomic E-state index is 0.0235. The van der Waals surface area contributed by atoms with E-state index in [4.69, 9.17) is 4.74 Å². The van der Waals surface area contributed by atoms with Crippen LogP contribution < -0.4 is 15.4 Å². The molecule has 0 saturated carbocycles. The normalized spacial score (nSPS) is 12.8. The number of hydrogen-bond donors (Lipinski definition) is 2. The van der Waals surface area contributed by atoms with Crippen molar-refractivity contribution in [2.45, 2.75) is 19.5 Å². The molecule has 4 heteroatoms. The Hall–Kier alpha value is -2.33. The lowest BCUT2D eigenvalue weighted by molar-refractivity contribution is 0.0954. The fraction of sp³-hybridized carbons (Fsp3) is 0.278. The molecule has 2 aromatic carbocycles. The van der Waals surface area contributed by atoms with E-state index in [0.717, 1.165) is 36.4 Å². The summed E-state index contributed by atoms with van der Waals surface area (Å²) in [6, 6.07) is 13.8. The van der Waals surface area contributed by atoms with Gasteiger partial charge in [-0.3, -0.25) is 4.79 Å². The van der Waals surface area contributed by atoms with E-state index in [1.807, 2.05) is 42.5 Å². The summed E-state index contributed by atoms with van der Waals surface area (Å²) in [4.78, 5) is 12.2. The highest BCUT2D eigenvalue weighted by molar-refractivity contribution is 5.94. The first-order valence-corrected chi connectivity index (χ1v) is 7.50. The Bertz CT molecular complexity index is 683. The number of carbonyl (C=O) groups excluding carboxylic acids is 1. The van der Waals surface area contributed by atoms with Gasteiger partial charge in [0.15, 0.2) is 0 Å². The van der Waals surface area contributed by atoms with Gasteiger partial charge >= 0.3 is 0 Å². The van der Waals surface area contributed by atoms with Gasteiger partial charge in [0.1, 0.15) is 5.75 Å². The Morgan fingerprint density at radius 2 is 2.00 bits per heavy atom. The van der Waals surface area contributed by atoms with E-state index >= 15 is 0 Å². The summed E-state index contributed by atoms with van der Waals surface area (Å²) in [5.74, 6) is 0.838. The summed E-state index contributed by atoms with van der Waals surface area (Å²) >= 11 is 0. The second kappa shape index (κ2) is 6.62. The molecule has 0 unspecified atom stereocenters. The second-order valence-corrected chi connectivity index (χ2v) is 5.40. The molecule has 1 aliphatic heterocycles. The number of ether oxygens (including phenoxy) is 1. The van der Waals surface area contributed by atoms with Crippen molar-refractivity contribution in [2.75, 3.05) is 13.7 Å². The van der Waals surface area contributed by atoms with Crippen molar-refractivity contribution in [3.8, 4) is 5.75 Å². The molecule has 4 nitrogen and oxygen atoms in total. The van der Waals surface area contributed by atoms with Gasteiger partial charge in [-0.05, 0) is 41.3 Å². The lowest BCUT2D eigenvalue weighted by Gasteiger charge is -2.09. The monoisotopic (exact) mass is 296 g/mol. The van der Waals surface area contributed by atoms with Crippen LogP contribution >= 0.6 is 0 Å². The maximum absolute atomic E-state index is 12.2. The number of nitrogens with one attached hydrogen (secondary N) is 2. The first-order valence-electron chi connectivity index (χ1n) is 7.50. The topological polar surface area (TPSA) is 50.4 Å². The fourth-order valence-electron chi connectivity index (χ4n) is 2.76. The highest BCUT2D eigenvalue weighted by Gasteiger charge is 2.13. The van der Waals surface area contributed by atoms with Crippen molar-refractivity contribution in [3.05, 3.63) is 64.7 Å². The summed E-state index contributed by atoms with van der Waals surface area (Å²) < 4.78 is 5.32. The summed E-state index contributed by atoms with van der Waals surface area (Å²) in [6.07, 6.45) is 0.752. The van der Waals surface area contributed by atoms with Gasteiger partial charge in [-0.15, -0.1) is 0 Å². The Labute approximate surface area is 130 Å². The maximum atomic E-state index is 12.2. The van der Waals surface area contributed by atoms with Gasteiger partial charge in [0.05, 0.1) is 7.11 Å². The van der Waals surface area contributed by atoms with Crippen LogP contribution in [-0.4, -0.2) is 19.6 Å². The van der Waals surface area contributed by atoms with Crippen molar-refractivity contribution in [2.24, 2.45) is 0 Å². The molecule has 0 bridgehead atoms. The van der Waals surface area contributed by atoms with E-state index in [1.54, 1.807) is 7.11 Å². The zero-order chi connectivity index (χ0) is 15.4. The lowest BCUT2D eigenvalue weighted by atomic mass is 10.1. The molecular formula is C18H20N2O2. The number of benzene rings is 2. The molecular weight excluding hydrogens is 276 g/mol. The predicted molar refractivity (Wildman–Crippen MR) is 86.0 cm³/mol. The Morgan fingerprint density at radius 3 is 2.86 bits per heavy atom. The first kappa shape index (κ1) is 14.6. The number of carbonyl (C=O) groups is 1. The molecule has 0 aromatic heterocycles. The highest BCUT2D eigenvalue weighted by Crippen LogP contribution is 2.18. The van der Waals surface area contributed by atoms with Crippen molar-refractivity contribution in [3.63, 3.8) is 0 Å². The van der Waals surface area contributed by atoms with Gasteiger partial charge < -0.3 is 15.4 Å². The van der Waals surface area contributed by atoms with Crippen LogP contribution in [0.3, 0.4) is 0 Å². The zero-order valence-electron chi connectivity index (χ0n) is 12.7. The molecule has 0 aliphatic carbocycles.